The number of ether oxygens (including phenoxy) is 2. The SMILES string of the molecule is C[C@H](O)[C@@]12OC(C)(C)O[C@@H]1C[C@H]1[C@@H]3CCC4=CC(=O)CC[C@@]4(C)[C@@H]3CC[C@@]12C. The van der Waals surface area contributed by atoms with Gasteiger partial charge in [-0.25, -0.2) is 0 Å². The molecule has 0 bridgehead atoms. The minimum absolute atomic E-state index is 0.0334. The van der Waals surface area contributed by atoms with Gasteiger partial charge in [-0.15, -0.1) is 0 Å². The van der Waals surface area contributed by atoms with Crippen molar-refractivity contribution >= 4 is 5.78 Å². The summed E-state index contributed by atoms with van der Waals surface area (Å²) >= 11 is 0. The highest BCUT2D eigenvalue weighted by molar-refractivity contribution is 5.91. The maximum Gasteiger partial charge on any atom is 0.164 e. The fourth-order valence-electron chi connectivity index (χ4n) is 8.50. The van der Waals surface area contributed by atoms with Crippen molar-refractivity contribution in [1.29, 1.82) is 0 Å². The number of ketones is 1. The zero-order valence-corrected chi connectivity index (χ0v) is 18.1. The molecule has 5 rings (SSSR count). The number of aliphatic hydroxyl groups excluding tert-OH is 1. The minimum atomic E-state index is -0.634. The van der Waals surface area contributed by atoms with E-state index in [1.54, 1.807) is 0 Å². The third-order valence-corrected chi connectivity index (χ3v) is 9.65. The van der Waals surface area contributed by atoms with Crippen LogP contribution in [-0.2, 0) is 14.3 Å². The average molecular weight is 389 g/mol. The molecule has 4 fully saturated rings. The summed E-state index contributed by atoms with van der Waals surface area (Å²) in [6, 6.07) is 0. The van der Waals surface area contributed by atoms with E-state index in [1.165, 1.54) is 5.57 Å². The van der Waals surface area contributed by atoms with Gasteiger partial charge < -0.3 is 14.6 Å². The van der Waals surface area contributed by atoms with Crippen molar-refractivity contribution < 1.29 is 19.4 Å². The third-order valence-electron chi connectivity index (χ3n) is 9.65. The largest absolute Gasteiger partial charge is 0.390 e. The molecule has 1 heterocycles. The summed E-state index contributed by atoms with van der Waals surface area (Å²) in [6.45, 7) is 10.6. The highest BCUT2D eigenvalue weighted by Gasteiger charge is 2.74. The van der Waals surface area contributed by atoms with Crippen molar-refractivity contribution in [2.75, 3.05) is 0 Å². The molecule has 4 nitrogen and oxygen atoms in total. The molecule has 4 aliphatic carbocycles. The molecule has 0 amide bonds. The Labute approximate surface area is 169 Å². The van der Waals surface area contributed by atoms with Crippen LogP contribution in [0, 0.1) is 28.6 Å². The van der Waals surface area contributed by atoms with E-state index >= 15 is 0 Å². The number of allylic oxidation sites excluding steroid dienone is 1. The smallest absolute Gasteiger partial charge is 0.164 e. The van der Waals surface area contributed by atoms with Crippen LogP contribution < -0.4 is 0 Å². The molecular formula is C24H36O4. The number of fused-ring (bicyclic) bond motifs is 7. The standard InChI is InChI=1S/C24H36O4/c1-14(25)24-20(27-21(2,3)28-24)13-19-17-7-6-15-12-16(26)8-10-22(15,4)18(17)9-11-23(19,24)5/h12,14,17-20,25H,6-11,13H2,1-5H3/t14-,17+,18+,19-,20+,22+,23-,24+/m0/s1. The Hall–Kier alpha value is -0.710. The van der Waals surface area contributed by atoms with Crippen LogP contribution in [0.1, 0.15) is 79.6 Å². The lowest BCUT2D eigenvalue weighted by Crippen LogP contribution is -2.61. The first-order valence-corrected chi connectivity index (χ1v) is 11.3. The van der Waals surface area contributed by atoms with E-state index in [9.17, 15) is 9.90 Å². The van der Waals surface area contributed by atoms with Crippen LogP contribution in [0.5, 0.6) is 0 Å². The predicted molar refractivity (Wildman–Crippen MR) is 107 cm³/mol. The zero-order chi connectivity index (χ0) is 20.1. The molecule has 0 radical (unpaired) electrons. The lowest BCUT2D eigenvalue weighted by molar-refractivity contribution is -0.239. The van der Waals surface area contributed by atoms with Crippen LogP contribution in [0.2, 0.25) is 0 Å². The fourth-order valence-corrected chi connectivity index (χ4v) is 8.50. The van der Waals surface area contributed by atoms with Crippen molar-refractivity contribution in [3.8, 4) is 0 Å². The summed E-state index contributed by atoms with van der Waals surface area (Å²) in [5.41, 5.74) is 0.911. The van der Waals surface area contributed by atoms with Crippen molar-refractivity contribution in [3.63, 3.8) is 0 Å². The Morgan fingerprint density at radius 1 is 1.11 bits per heavy atom. The van der Waals surface area contributed by atoms with Gasteiger partial charge in [0.1, 0.15) is 5.60 Å². The number of carbonyl (C=O) groups is 1. The second-order valence-corrected chi connectivity index (χ2v) is 11.2. The third kappa shape index (κ3) is 2.20. The predicted octanol–water partition coefficient (Wildman–Crippen LogP) is 4.40. The van der Waals surface area contributed by atoms with E-state index in [4.69, 9.17) is 9.47 Å². The van der Waals surface area contributed by atoms with E-state index in [2.05, 4.69) is 13.8 Å². The van der Waals surface area contributed by atoms with Gasteiger partial charge in [0.25, 0.3) is 0 Å². The molecule has 28 heavy (non-hydrogen) atoms. The summed E-state index contributed by atoms with van der Waals surface area (Å²) in [6.07, 6.45) is 8.52. The van der Waals surface area contributed by atoms with E-state index in [0.717, 1.165) is 38.5 Å². The maximum absolute atomic E-state index is 12.0. The molecular weight excluding hydrogens is 352 g/mol. The molecule has 0 unspecified atom stereocenters. The Balaban J connectivity index is 1.53. The fraction of sp³-hybridized carbons (Fsp3) is 0.875. The summed E-state index contributed by atoms with van der Waals surface area (Å²) in [4.78, 5) is 12.0. The summed E-state index contributed by atoms with van der Waals surface area (Å²) in [5, 5.41) is 11.0. The molecule has 8 atom stereocenters. The van der Waals surface area contributed by atoms with Gasteiger partial charge in [-0.3, -0.25) is 4.79 Å². The van der Waals surface area contributed by atoms with Gasteiger partial charge in [-0.05, 0) is 88.5 Å². The van der Waals surface area contributed by atoms with Gasteiger partial charge in [0.15, 0.2) is 11.6 Å². The maximum atomic E-state index is 12.0. The monoisotopic (exact) mass is 388 g/mol. The van der Waals surface area contributed by atoms with Crippen LogP contribution >= 0.6 is 0 Å². The lowest BCUT2D eigenvalue weighted by atomic mass is 9.46. The highest BCUT2D eigenvalue weighted by atomic mass is 16.8. The molecule has 0 spiro atoms. The second-order valence-electron chi connectivity index (χ2n) is 11.2. The average Bonchev–Trinajstić information content (AvgIpc) is 3.02. The molecule has 4 heteroatoms. The van der Waals surface area contributed by atoms with Crippen molar-refractivity contribution in [2.45, 2.75) is 103 Å². The van der Waals surface area contributed by atoms with Crippen molar-refractivity contribution in [2.24, 2.45) is 28.6 Å². The number of hydrogen-bond donors (Lipinski definition) is 1. The quantitative estimate of drug-likeness (QED) is 0.723. The second kappa shape index (κ2) is 5.70. The van der Waals surface area contributed by atoms with E-state index in [1.807, 2.05) is 26.8 Å². The van der Waals surface area contributed by atoms with Gasteiger partial charge in [0, 0.05) is 11.8 Å². The molecule has 0 aromatic rings. The number of aliphatic hydroxyl groups is 1. The van der Waals surface area contributed by atoms with E-state index in [-0.39, 0.29) is 16.9 Å². The highest BCUT2D eigenvalue weighted by Crippen LogP contribution is 2.71. The van der Waals surface area contributed by atoms with Crippen LogP contribution in [0.3, 0.4) is 0 Å². The normalized spacial score (nSPS) is 52.9. The van der Waals surface area contributed by atoms with Crippen molar-refractivity contribution in [3.05, 3.63) is 11.6 Å². The molecule has 3 saturated carbocycles. The first kappa shape index (κ1) is 19.3. The minimum Gasteiger partial charge on any atom is -0.390 e. The number of rotatable bonds is 1. The number of hydrogen-bond acceptors (Lipinski definition) is 4. The Bertz CT molecular complexity index is 739. The van der Waals surface area contributed by atoms with Crippen LogP contribution in [-0.4, -0.2) is 34.5 Å². The van der Waals surface area contributed by atoms with Gasteiger partial charge in [-0.2, -0.15) is 0 Å². The van der Waals surface area contributed by atoms with Gasteiger partial charge >= 0.3 is 0 Å². The lowest BCUT2D eigenvalue weighted by Gasteiger charge is -2.60. The molecule has 0 aromatic carbocycles. The van der Waals surface area contributed by atoms with E-state index in [0.29, 0.717) is 30.0 Å². The van der Waals surface area contributed by atoms with Gasteiger partial charge in [0.05, 0.1) is 12.2 Å². The molecule has 1 aliphatic heterocycles. The van der Waals surface area contributed by atoms with E-state index < -0.39 is 17.5 Å². The Morgan fingerprint density at radius 3 is 2.57 bits per heavy atom. The van der Waals surface area contributed by atoms with Crippen LogP contribution in [0.25, 0.3) is 0 Å². The molecule has 0 aromatic heterocycles. The Kier molecular flexibility index (Phi) is 3.93. The first-order valence-electron chi connectivity index (χ1n) is 11.3. The van der Waals surface area contributed by atoms with Gasteiger partial charge in [0.2, 0.25) is 0 Å². The molecule has 5 aliphatic rings. The topological polar surface area (TPSA) is 55.8 Å². The zero-order valence-electron chi connectivity index (χ0n) is 18.1. The van der Waals surface area contributed by atoms with Crippen molar-refractivity contribution in [1.82, 2.24) is 0 Å². The molecule has 156 valence electrons. The Morgan fingerprint density at radius 2 is 1.86 bits per heavy atom. The summed E-state index contributed by atoms with van der Waals surface area (Å²) < 4.78 is 13.0. The molecule has 1 N–H and O–H groups in total. The summed E-state index contributed by atoms with van der Waals surface area (Å²) in [5.74, 6) is 1.46. The van der Waals surface area contributed by atoms with Crippen LogP contribution in [0.15, 0.2) is 11.6 Å². The first-order chi connectivity index (χ1) is 13.0. The van der Waals surface area contributed by atoms with Gasteiger partial charge in [-0.1, -0.05) is 19.4 Å². The number of carbonyl (C=O) groups excluding carboxylic acids is 1. The molecule has 1 saturated heterocycles. The van der Waals surface area contributed by atoms with Crippen LogP contribution in [0.4, 0.5) is 0 Å². The summed E-state index contributed by atoms with van der Waals surface area (Å²) in [7, 11) is 0.